The Morgan fingerprint density at radius 1 is 1.30 bits per heavy atom. The Morgan fingerprint density at radius 3 is 2.75 bits per heavy atom. The highest BCUT2D eigenvalue weighted by Gasteiger charge is 2.22. The minimum atomic E-state index is 0.301. The fraction of sp³-hybridized carbons (Fsp3) is 0.562. The summed E-state index contributed by atoms with van der Waals surface area (Å²) >= 11 is 0. The van der Waals surface area contributed by atoms with Gasteiger partial charge in [-0.3, -0.25) is 4.90 Å². The Morgan fingerprint density at radius 2 is 2.05 bits per heavy atom. The minimum absolute atomic E-state index is 0.301. The number of aromatic amines is 1. The second-order valence-corrected chi connectivity index (χ2v) is 5.84. The van der Waals surface area contributed by atoms with Crippen LogP contribution in [0.25, 0.3) is 11.0 Å². The summed E-state index contributed by atoms with van der Waals surface area (Å²) in [6, 6.07) is 6.47. The van der Waals surface area contributed by atoms with Gasteiger partial charge in [0.05, 0.1) is 29.8 Å². The van der Waals surface area contributed by atoms with Gasteiger partial charge in [0.1, 0.15) is 5.82 Å². The number of nitrogens with one attached hydrogen (secondary N) is 1. The van der Waals surface area contributed by atoms with Crippen LogP contribution in [-0.4, -0.2) is 40.2 Å². The molecule has 2 unspecified atom stereocenters. The van der Waals surface area contributed by atoms with E-state index in [1.54, 1.807) is 0 Å². The predicted octanol–water partition coefficient (Wildman–Crippen LogP) is 2.73. The number of benzene rings is 1. The molecule has 1 fully saturated rings. The van der Waals surface area contributed by atoms with Crippen molar-refractivity contribution < 1.29 is 4.74 Å². The van der Waals surface area contributed by atoms with Gasteiger partial charge in [-0.15, -0.1) is 0 Å². The molecule has 0 spiro atoms. The summed E-state index contributed by atoms with van der Waals surface area (Å²) in [5, 5.41) is 0. The molecule has 1 saturated heterocycles. The fourth-order valence-electron chi connectivity index (χ4n) is 3.03. The van der Waals surface area contributed by atoms with Crippen molar-refractivity contribution >= 4 is 11.0 Å². The van der Waals surface area contributed by atoms with Crippen LogP contribution >= 0.6 is 0 Å². The highest BCUT2D eigenvalue weighted by molar-refractivity contribution is 5.75. The standard InChI is InChI=1S/C16H23N3O/c1-4-13-5-6-14-15(7-13)18-16(17-14)10-19-8-11(2)20-12(3)9-19/h5-7,11-12H,4,8-10H2,1-3H3,(H,17,18). The number of fused-ring (bicyclic) bond motifs is 1. The number of H-pyrrole nitrogens is 1. The Labute approximate surface area is 120 Å². The molecule has 108 valence electrons. The molecule has 1 N–H and O–H groups in total. The van der Waals surface area contributed by atoms with Crippen molar-refractivity contribution in [2.24, 2.45) is 0 Å². The van der Waals surface area contributed by atoms with Crippen molar-refractivity contribution in [3.8, 4) is 0 Å². The Balaban J connectivity index is 1.77. The monoisotopic (exact) mass is 273 g/mol. The lowest BCUT2D eigenvalue weighted by Crippen LogP contribution is -2.44. The maximum absolute atomic E-state index is 5.77. The number of hydrogen-bond acceptors (Lipinski definition) is 3. The smallest absolute Gasteiger partial charge is 0.121 e. The summed E-state index contributed by atoms with van der Waals surface area (Å²) in [4.78, 5) is 10.6. The van der Waals surface area contributed by atoms with Crippen molar-refractivity contribution in [1.82, 2.24) is 14.9 Å². The fourth-order valence-corrected chi connectivity index (χ4v) is 3.03. The summed E-state index contributed by atoms with van der Waals surface area (Å²) in [6.45, 7) is 9.26. The summed E-state index contributed by atoms with van der Waals surface area (Å²) in [6.07, 6.45) is 1.66. The first kappa shape index (κ1) is 13.6. The van der Waals surface area contributed by atoms with E-state index in [9.17, 15) is 0 Å². The third-order valence-electron chi connectivity index (χ3n) is 3.87. The molecular formula is C16H23N3O. The van der Waals surface area contributed by atoms with Crippen molar-refractivity contribution in [3.63, 3.8) is 0 Å². The summed E-state index contributed by atoms with van der Waals surface area (Å²) in [7, 11) is 0. The van der Waals surface area contributed by atoms with Gasteiger partial charge in [0, 0.05) is 13.1 Å². The molecule has 1 aromatic carbocycles. The van der Waals surface area contributed by atoms with Gasteiger partial charge in [0.15, 0.2) is 0 Å². The van der Waals surface area contributed by atoms with E-state index in [0.717, 1.165) is 42.9 Å². The van der Waals surface area contributed by atoms with Crippen LogP contribution in [-0.2, 0) is 17.7 Å². The first-order valence-electron chi connectivity index (χ1n) is 7.49. The molecule has 2 atom stereocenters. The summed E-state index contributed by atoms with van der Waals surface area (Å²) in [5.74, 6) is 1.05. The SMILES string of the molecule is CCc1ccc2nc(CN3CC(C)OC(C)C3)[nH]c2c1. The number of aryl methyl sites for hydroxylation is 1. The van der Waals surface area contributed by atoms with Crippen LogP contribution in [0.5, 0.6) is 0 Å². The Bertz CT molecular complexity index is 582. The summed E-state index contributed by atoms with van der Waals surface area (Å²) in [5.41, 5.74) is 3.56. The van der Waals surface area contributed by atoms with E-state index in [1.165, 1.54) is 5.56 Å². The largest absolute Gasteiger partial charge is 0.373 e. The Hall–Kier alpha value is -1.39. The third kappa shape index (κ3) is 2.86. The average Bonchev–Trinajstić information content (AvgIpc) is 2.78. The molecule has 1 aliphatic rings. The Kier molecular flexibility index (Phi) is 3.76. The number of hydrogen-bond donors (Lipinski definition) is 1. The zero-order valence-electron chi connectivity index (χ0n) is 12.5. The van der Waals surface area contributed by atoms with E-state index in [-0.39, 0.29) is 0 Å². The molecule has 0 aliphatic carbocycles. The molecule has 0 bridgehead atoms. The number of nitrogens with zero attached hydrogens (tertiary/aromatic N) is 2. The van der Waals surface area contributed by atoms with E-state index in [1.807, 2.05) is 0 Å². The van der Waals surface area contributed by atoms with Gasteiger partial charge in [-0.05, 0) is 38.0 Å². The van der Waals surface area contributed by atoms with E-state index < -0.39 is 0 Å². The van der Waals surface area contributed by atoms with E-state index in [2.05, 4.69) is 48.9 Å². The molecule has 3 rings (SSSR count). The zero-order valence-corrected chi connectivity index (χ0v) is 12.5. The van der Waals surface area contributed by atoms with Crippen LogP contribution in [0, 0.1) is 0 Å². The van der Waals surface area contributed by atoms with Crippen molar-refractivity contribution in [2.45, 2.75) is 45.9 Å². The van der Waals surface area contributed by atoms with Gasteiger partial charge in [0.2, 0.25) is 0 Å². The van der Waals surface area contributed by atoms with Crippen LogP contribution in [0.15, 0.2) is 18.2 Å². The van der Waals surface area contributed by atoms with Crippen molar-refractivity contribution in [2.75, 3.05) is 13.1 Å². The van der Waals surface area contributed by atoms with Gasteiger partial charge >= 0.3 is 0 Å². The highest BCUT2D eigenvalue weighted by atomic mass is 16.5. The number of ether oxygens (including phenoxy) is 1. The molecule has 4 heteroatoms. The number of imidazole rings is 1. The number of rotatable bonds is 3. The molecule has 1 aliphatic heterocycles. The molecular weight excluding hydrogens is 250 g/mol. The molecule has 4 nitrogen and oxygen atoms in total. The molecule has 0 amide bonds. The minimum Gasteiger partial charge on any atom is -0.373 e. The van der Waals surface area contributed by atoms with E-state index in [0.29, 0.717) is 12.2 Å². The second kappa shape index (κ2) is 5.54. The lowest BCUT2D eigenvalue weighted by Gasteiger charge is -2.34. The van der Waals surface area contributed by atoms with Crippen LogP contribution < -0.4 is 0 Å². The van der Waals surface area contributed by atoms with E-state index >= 15 is 0 Å². The van der Waals surface area contributed by atoms with Gasteiger partial charge in [-0.1, -0.05) is 13.0 Å². The van der Waals surface area contributed by atoms with Gasteiger partial charge in [0.25, 0.3) is 0 Å². The van der Waals surface area contributed by atoms with Crippen LogP contribution in [0.4, 0.5) is 0 Å². The second-order valence-electron chi connectivity index (χ2n) is 5.84. The molecule has 2 aromatic rings. The third-order valence-corrected chi connectivity index (χ3v) is 3.87. The maximum atomic E-state index is 5.77. The van der Waals surface area contributed by atoms with Gasteiger partial charge in [-0.25, -0.2) is 4.98 Å². The molecule has 0 saturated carbocycles. The number of aromatic nitrogens is 2. The normalized spacial score (nSPS) is 24.4. The predicted molar refractivity (Wildman–Crippen MR) is 80.8 cm³/mol. The van der Waals surface area contributed by atoms with Crippen LogP contribution in [0.3, 0.4) is 0 Å². The van der Waals surface area contributed by atoms with Gasteiger partial charge in [-0.2, -0.15) is 0 Å². The summed E-state index contributed by atoms with van der Waals surface area (Å²) < 4.78 is 5.77. The topological polar surface area (TPSA) is 41.2 Å². The average molecular weight is 273 g/mol. The first-order chi connectivity index (χ1) is 9.64. The van der Waals surface area contributed by atoms with Crippen LogP contribution in [0.1, 0.15) is 32.2 Å². The first-order valence-corrected chi connectivity index (χ1v) is 7.49. The molecule has 2 heterocycles. The molecule has 0 radical (unpaired) electrons. The highest BCUT2D eigenvalue weighted by Crippen LogP contribution is 2.17. The van der Waals surface area contributed by atoms with E-state index in [4.69, 9.17) is 9.72 Å². The van der Waals surface area contributed by atoms with Crippen LogP contribution in [0.2, 0.25) is 0 Å². The lowest BCUT2D eigenvalue weighted by atomic mass is 10.1. The van der Waals surface area contributed by atoms with Crippen molar-refractivity contribution in [3.05, 3.63) is 29.6 Å². The number of morpholine rings is 1. The maximum Gasteiger partial charge on any atom is 0.121 e. The zero-order chi connectivity index (χ0) is 14.1. The quantitative estimate of drug-likeness (QED) is 0.935. The molecule has 1 aromatic heterocycles. The van der Waals surface area contributed by atoms with Gasteiger partial charge < -0.3 is 9.72 Å². The lowest BCUT2D eigenvalue weighted by molar-refractivity contribution is -0.0710. The molecule has 20 heavy (non-hydrogen) atoms. The van der Waals surface area contributed by atoms with Crippen molar-refractivity contribution in [1.29, 1.82) is 0 Å².